The normalized spacial score (nSPS) is 22.0. The lowest BCUT2D eigenvalue weighted by atomic mass is 10.5. The zero-order valence-corrected chi connectivity index (χ0v) is 7.47. The Labute approximate surface area is 71.7 Å². The highest BCUT2D eigenvalue weighted by Crippen LogP contribution is 2.32. The zero-order valence-electron chi connectivity index (χ0n) is 6.66. The standard InChI is InChI=1S/C8H11NO2S/c9-12(10,6-7-3-4-7)8-2-1-5-11-8/h1-2,5,7,9H,3-4,6H2. The lowest BCUT2D eigenvalue weighted by Gasteiger charge is -2.00. The molecule has 4 heteroatoms. The van der Waals surface area contributed by atoms with E-state index in [9.17, 15) is 4.21 Å². The zero-order chi connectivity index (χ0) is 8.60. The molecule has 0 bridgehead atoms. The molecule has 1 aliphatic rings. The maximum atomic E-state index is 11.7. The molecule has 1 saturated carbocycles. The molecule has 1 aromatic rings. The second-order valence-corrected chi connectivity index (χ2v) is 5.30. The van der Waals surface area contributed by atoms with E-state index in [1.54, 1.807) is 12.1 Å². The fourth-order valence-corrected chi connectivity index (χ4v) is 2.82. The molecule has 1 unspecified atom stereocenters. The Morgan fingerprint density at radius 3 is 2.92 bits per heavy atom. The molecule has 1 fully saturated rings. The van der Waals surface area contributed by atoms with Crippen LogP contribution in [0.1, 0.15) is 12.8 Å². The number of furan rings is 1. The molecule has 1 heterocycles. The van der Waals surface area contributed by atoms with E-state index < -0.39 is 9.73 Å². The van der Waals surface area contributed by atoms with Crippen molar-refractivity contribution in [2.75, 3.05) is 5.75 Å². The van der Waals surface area contributed by atoms with Gasteiger partial charge < -0.3 is 4.42 Å². The first-order chi connectivity index (χ1) is 5.68. The van der Waals surface area contributed by atoms with Crippen molar-refractivity contribution >= 4 is 9.73 Å². The summed E-state index contributed by atoms with van der Waals surface area (Å²) < 4.78 is 24.2. The van der Waals surface area contributed by atoms with Crippen LogP contribution in [-0.4, -0.2) is 9.96 Å². The summed E-state index contributed by atoms with van der Waals surface area (Å²) in [5.41, 5.74) is 0. The van der Waals surface area contributed by atoms with Crippen molar-refractivity contribution in [3.8, 4) is 0 Å². The van der Waals surface area contributed by atoms with Crippen LogP contribution in [-0.2, 0) is 9.73 Å². The molecule has 66 valence electrons. The lowest BCUT2D eigenvalue weighted by molar-refractivity contribution is 0.462. The van der Waals surface area contributed by atoms with E-state index in [0.29, 0.717) is 16.8 Å². The Morgan fingerprint density at radius 1 is 1.67 bits per heavy atom. The lowest BCUT2D eigenvalue weighted by Crippen LogP contribution is -2.05. The van der Waals surface area contributed by atoms with E-state index in [2.05, 4.69) is 0 Å². The van der Waals surface area contributed by atoms with Gasteiger partial charge in [-0.15, -0.1) is 0 Å². The third-order valence-electron chi connectivity index (χ3n) is 1.99. The Hall–Kier alpha value is -0.770. The first-order valence-electron chi connectivity index (χ1n) is 3.98. The van der Waals surface area contributed by atoms with Gasteiger partial charge in [-0.25, -0.2) is 8.99 Å². The number of nitrogens with one attached hydrogen (secondary N) is 1. The first kappa shape index (κ1) is 7.86. The monoisotopic (exact) mass is 185 g/mol. The molecular weight excluding hydrogens is 174 g/mol. The van der Waals surface area contributed by atoms with Crippen molar-refractivity contribution in [3.05, 3.63) is 18.4 Å². The van der Waals surface area contributed by atoms with Gasteiger partial charge in [-0.05, 0) is 30.9 Å². The molecule has 2 rings (SSSR count). The fourth-order valence-electron chi connectivity index (χ4n) is 1.15. The Kier molecular flexibility index (Phi) is 1.72. The van der Waals surface area contributed by atoms with Gasteiger partial charge in [0.2, 0.25) is 0 Å². The largest absolute Gasteiger partial charge is 0.455 e. The Balaban J connectivity index is 2.20. The van der Waals surface area contributed by atoms with Crippen LogP contribution in [0.15, 0.2) is 27.9 Å². The number of hydrogen-bond acceptors (Lipinski definition) is 3. The molecule has 1 aliphatic carbocycles. The van der Waals surface area contributed by atoms with Crippen LogP contribution in [0.5, 0.6) is 0 Å². The maximum absolute atomic E-state index is 11.7. The van der Waals surface area contributed by atoms with E-state index in [1.807, 2.05) is 0 Å². The van der Waals surface area contributed by atoms with Gasteiger partial charge in [0.15, 0.2) is 5.09 Å². The van der Waals surface area contributed by atoms with Gasteiger partial charge in [0.05, 0.1) is 6.26 Å². The fraction of sp³-hybridized carbons (Fsp3) is 0.500. The molecule has 0 aromatic carbocycles. The first-order valence-corrected chi connectivity index (χ1v) is 5.71. The summed E-state index contributed by atoms with van der Waals surface area (Å²) in [6, 6.07) is 3.30. The van der Waals surface area contributed by atoms with Crippen molar-refractivity contribution in [1.82, 2.24) is 0 Å². The van der Waals surface area contributed by atoms with Gasteiger partial charge in [0.1, 0.15) is 9.73 Å². The average Bonchev–Trinajstić information content (AvgIpc) is 2.67. The second-order valence-electron chi connectivity index (χ2n) is 3.22. The molecule has 12 heavy (non-hydrogen) atoms. The van der Waals surface area contributed by atoms with Crippen molar-refractivity contribution in [1.29, 1.82) is 4.78 Å². The van der Waals surface area contributed by atoms with Gasteiger partial charge >= 0.3 is 0 Å². The predicted molar refractivity (Wildman–Crippen MR) is 45.4 cm³/mol. The Morgan fingerprint density at radius 2 is 2.42 bits per heavy atom. The molecule has 0 spiro atoms. The molecular formula is C8H11NO2S. The van der Waals surface area contributed by atoms with Gasteiger partial charge in [-0.3, -0.25) is 0 Å². The third kappa shape index (κ3) is 1.53. The molecule has 0 radical (unpaired) electrons. The summed E-state index contributed by atoms with van der Waals surface area (Å²) in [5, 5.41) is 0.328. The van der Waals surface area contributed by atoms with Crippen LogP contribution in [0, 0.1) is 10.7 Å². The molecule has 1 atom stereocenters. The van der Waals surface area contributed by atoms with Crippen LogP contribution < -0.4 is 0 Å². The molecule has 0 amide bonds. The molecule has 3 nitrogen and oxygen atoms in total. The van der Waals surface area contributed by atoms with Crippen molar-refractivity contribution in [2.45, 2.75) is 17.9 Å². The summed E-state index contributed by atoms with van der Waals surface area (Å²) in [7, 11) is -2.62. The van der Waals surface area contributed by atoms with Crippen molar-refractivity contribution in [3.63, 3.8) is 0 Å². The van der Waals surface area contributed by atoms with E-state index in [1.165, 1.54) is 6.26 Å². The van der Waals surface area contributed by atoms with E-state index in [4.69, 9.17) is 9.20 Å². The van der Waals surface area contributed by atoms with E-state index in [-0.39, 0.29) is 0 Å². The van der Waals surface area contributed by atoms with Crippen molar-refractivity contribution < 1.29 is 8.63 Å². The van der Waals surface area contributed by atoms with Crippen LogP contribution in [0.25, 0.3) is 0 Å². The minimum absolute atomic E-state index is 0.328. The van der Waals surface area contributed by atoms with Crippen LogP contribution >= 0.6 is 0 Å². The van der Waals surface area contributed by atoms with Gasteiger partial charge in [0.25, 0.3) is 0 Å². The summed E-state index contributed by atoms with van der Waals surface area (Å²) in [6.45, 7) is 0. The summed E-state index contributed by atoms with van der Waals surface area (Å²) in [5.74, 6) is 0.973. The topological polar surface area (TPSA) is 54.1 Å². The molecule has 0 aliphatic heterocycles. The SMILES string of the molecule is N=S(=O)(CC1CC1)c1ccco1. The summed E-state index contributed by atoms with van der Waals surface area (Å²) in [4.78, 5) is 0. The van der Waals surface area contributed by atoms with Gasteiger partial charge in [0, 0.05) is 5.75 Å². The molecule has 1 N–H and O–H groups in total. The van der Waals surface area contributed by atoms with Crippen LogP contribution in [0.3, 0.4) is 0 Å². The summed E-state index contributed by atoms with van der Waals surface area (Å²) in [6.07, 6.45) is 3.71. The minimum Gasteiger partial charge on any atom is -0.455 e. The maximum Gasteiger partial charge on any atom is 0.198 e. The van der Waals surface area contributed by atoms with E-state index in [0.717, 1.165) is 12.8 Å². The number of hydrogen-bond donors (Lipinski definition) is 1. The van der Waals surface area contributed by atoms with Crippen LogP contribution in [0.4, 0.5) is 0 Å². The molecule has 0 saturated heterocycles. The third-order valence-corrected chi connectivity index (χ3v) is 3.81. The Bertz CT molecular complexity index is 348. The highest BCUT2D eigenvalue weighted by atomic mass is 32.2. The van der Waals surface area contributed by atoms with Gasteiger partial charge in [-0.2, -0.15) is 0 Å². The quantitative estimate of drug-likeness (QED) is 0.784. The smallest absolute Gasteiger partial charge is 0.198 e. The average molecular weight is 185 g/mol. The van der Waals surface area contributed by atoms with E-state index >= 15 is 0 Å². The van der Waals surface area contributed by atoms with Crippen molar-refractivity contribution in [2.24, 2.45) is 5.92 Å². The minimum atomic E-state index is -2.62. The predicted octanol–water partition coefficient (Wildman–Crippen LogP) is 2.10. The second kappa shape index (κ2) is 2.62. The van der Waals surface area contributed by atoms with Crippen LogP contribution in [0.2, 0.25) is 0 Å². The molecule has 1 aromatic heterocycles. The summed E-state index contributed by atoms with van der Waals surface area (Å²) >= 11 is 0. The highest BCUT2D eigenvalue weighted by Gasteiger charge is 2.27. The van der Waals surface area contributed by atoms with Gasteiger partial charge in [-0.1, -0.05) is 0 Å². The highest BCUT2D eigenvalue weighted by molar-refractivity contribution is 7.92. The number of rotatable bonds is 3.